The Labute approximate surface area is 253 Å². The number of amides is 2. The lowest BCUT2D eigenvalue weighted by Crippen LogP contribution is -2.59. The van der Waals surface area contributed by atoms with Crippen molar-refractivity contribution in [3.63, 3.8) is 0 Å². The molecule has 10 nitrogen and oxygen atoms in total. The second kappa shape index (κ2) is 11.1. The van der Waals surface area contributed by atoms with Crippen molar-refractivity contribution in [2.24, 2.45) is 4.99 Å². The van der Waals surface area contributed by atoms with E-state index < -0.39 is 23.0 Å². The predicted molar refractivity (Wildman–Crippen MR) is 165 cm³/mol. The van der Waals surface area contributed by atoms with Crippen LogP contribution in [0.2, 0.25) is 0 Å². The third-order valence-electron chi connectivity index (χ3n) is 9.09. The van der Waals surface area contributed by atoms with Crippen molar-refractivity contribution in [2.45, 2.75) is 55.7 Å². The number of anilines is 1. The molecule has 1 aromatic carbocycles. The normalized spacial score (nSPS) is 28.2. The van der Waals surface area contributed by atoms with Crippen molar-refractivity contribution in [1.29, 1.82) is 0 Å². The summed E-state index contributed by atoms with van der Waals surface area (Å²) in [5.41, 5.74) is 7.81. The third kappa shape index (κ3) is 5.00. The van der Waals surface area contributed by atoms with Gasteiger partial charge in [-0.25, -0.2) is 4.39 Å². The van der Waals surface area contributed by atoms with Gasteiger partial charge in [0.1, 0.15) is 18.3 Å². The number of hydrogen-bond donors (Lipinski definition) is 2. The molecule has 1 fully saturated rings. The highest BCUT2D eigenvalue weighted by Gasteiger charge is 2.49. The number of aromatic nitrogens is 3. The molecule has 2 amide bonds. The van der Waals surface area contributed by atoms with E-state index in [-0.39, 0.29) is 24.3 Å². The number of aromatic amines is 1. The average molecular weight is 604 g/mol. The quantitative estimate of drug-likeness (QED) is 0.458. The van der Waals surface area contributed by atoms with Gasteiger partial charge in [0, 0.05) is 61.4 Å². The maximum atomic E-state index is 14.7. The van der Waals surface area contributed by atoms with Gasteiger partial charge in [-0.05, 0) is 48.4 Å². The van der Waals surface area contributed by atoms with Gasteiger partial charge in [0.15, 0.2) is 0 Å². The lowest BCUT2D eigenvalue weighted by atomic mass is 9.84. The fraction of sp³-hybridized carbons (Fsp3) is 0.452. The Hall–Kier alpha value is -3.77. The number of fused-ring (bicyclic) bond motifs is 4. The summed E-state index contributed by atoms with van der Waals surface area (Å²) in [7, 11) is 0. The largest absolute Gasteiger partial charge is 0.383 e. The number of hydrogen-bond acceptors (Lipinski definition) is 8. The zero-order valence-corrected chi connectivity index (χ0v) is 24.9. The SMILES string of the molecule is CC1c2c([nH]c3c2C[C@H](C(=O)N2CCOCC2)N(C(=O)C2N=CSC2(C)CNc2ccc4nccnc4c2)C3)C=CC1F. The molecular formula is C31H34FN7O3S. The number of aliphatic imine (C=N–C) groups is 1. The van der Waals surface area contributed by atoms with Gasteiger partial charge in [-0.1, -0.05) is 6.92 Å². The molecule has 3 aromatic rings. The van der Waals surface area contributed by atoms with Crippen LogP contribution in [0.1, 0.15) is 42.3 Å². The number of morpholine rings is 1. The third-order valence-corrected chi connectivity index (χ3v) is 10.2. The Bertz CT molecular complexity index is 1640. The van der Waals surface area contributed by atoms with Gasteiger partial charge in [-0.15, -0.1) is 11.8 Å². The number of ether oxygens (including phenoxy) is 1. The summed E-state index contributed by atoms with van der Waals surface area (Å²) < 4.78 is 19.6. The molecule has 12 heteroatoms. The molecule has 7 rings (SSSR count). The van der Waals surface area contributed by atoms with E-state index in [1.807, 2.05) is 32.0 Å². The number of nitrogens with zero attached hydrogens (tertiary/aromatic N) is 5. The van der Waals surface area contributed by atoms with Gasteiger partial charge in [0.25, 0.3) is 0 Å². The Morgan fingerprint density at radius 1 is 1.19 bits per heavy atom. The first-order valence-electron chi connectivity index (χ1n) is 14.7. The first kappa shape index (κ1) is 28.0. The van der Waals surface area contributed by atoms with E-state index in [1.165, 1.54) is 11.8 Å². The van der Waals surface area contributed by atoms with Gasteiger partial charge >= 0.3 is 0 Å². The lowest BCUT2D eigenvalue weighted by Gasteiger charge is -2.41. The number of rotatable bonds is 5. The average Bonchev–Trinajstić information content (AvgIpc) is 3.61. The molecule has 0 bridgehead atoms. The molecule has 224 valence electrons. The Kier molecular flexibility index (Phi) is 7.21. The minimum Gasteiger partial charge on any atom is -0.383 e. The summed E-state index contributed by atoms with van der Waals surface area (Å²) in [4.78, 5) is 48.8. The summed E-state index contributed by atoms with van der Waals surface area (Å²) in [6.07, 6.45) is 5.92. The van der Waals surface area contributed by atoms with E-state index in [1.54, 1.807) is 39.9 Å². The molecule has 2 N–H and O–H groups in total. The molecule has 3 aliphatic heterocycles. The van der Waals surface area contributed by atoms with Gasteiger partial charge in [0.2, 0.25) is 11.8 Å². The molecule has 4 unspecified atom stereocenters. The number of halogens is 1. The van der Waals surface area contributed by atoms with E-state index >= 15 is 0 Å². The van der Waals surface area contributed by atoms with Gasteiger partial charge < -0.3 is 24.8 Å². The van der Waals surface area contributed by atoms with Gasteiger partial charge in [-0.2, -0.15) is 0 Å². The smallest absolute Gasteiger partial charge is 0.249 e. The molecule has 1 saturated heterocycles. The van der Waals surface area contributed by atoms with Crippen LogP contribution < -0.4 is 5.32 Å². The molecule has 2 aromatic heterocycles. The van der Waals surface area contributed by atoms with Crippen molar-refractivity contribution in [2.75, 3.05) is 38.2 Å². The van der Waals surface area contributed by atoms with Crippen LogP contribution in [0.4, 0.5) is 10.1 Å². The summed E-state index contributed by atoms with van der Waals surface area (Å²) in [6.45, 7) is 6.51. The van der Waals surface area contributed by atoms with Crippen LogP contribution in [0.5, 0.6) is 0 Å². The molecule has 0 spiro atoms. The number of carbonyl (C=O) groups is 2. The molecular weight excluding hydrogens is 569 g/mol. The second-order valence-corrected chi connectivity index (χ2v) is 13.2. The van der Waals surface area contributed by atoms with Crippen LogP contribution in [-0.4, -0.2) is 98.0 Å². The molecule has 0 saturated carbocycles. The molecule has 5 atom stereocenters. The first-order valence-corrected chi connectivity index (χ1v) is 15.6. The monoisotopic (exact) mass is 603 g/mol. The summed E-state index contributed by atoms with van der Waals surface area (Å²) in [5, 5.41) is 3.47. The van der Waals surface area contributed by atoms with Crippen molar-refractivity contribution in [1.82, 2.24) is 24.8 Å². The summed E-state index contributed by atoms with van der Waals surface area (Å²) in [6, 6.07) is 4.41. The number of allylic oxidation sites excluding steroid dienone is 1. The predicted octanol–water partition coefficient (Wildman–Crippen LogP) is 3.55. The molecule has 0 radical (unpaired) electrons. The van der Waals surface area contributed by atoms with Crippen molar-refractivity contribution in [3.05, 3.63) is 59.2 Å². The number of benzene rings is 1. The summed E-state index contributed by atoms with van der Waals surface area (Å²) in [5.74, 6) is -0.612. The maximum absolute atomic E-state index is 14.7. The number of nitrogens with one attached hydrogen (secondary N) is 2. The highest BCUT2D eigenvalue weighted by Crippen LogP contribution is 2.41. The van der Waals surface area contributed by atoms with Crippen LogP contribution >= 0.6 is 11.8 Å². The maximum Gasteiger partial charge on any atom is 0.249 e. The van der Waals surface area contributed by atoms with Crippen LogP contribution in [0.3, 0.4) is 0 Å². The zero-order valence-electron chi connectivity index (χ0n) is 24.1. The molecule has 43 heavy (non-hydrogen) atoms. The highest BCUT2D eigenvalue weighted by atomic mass is 32.2. The molecule has 1 aliphatic carbocycles. The van der Waals surface area contributed by atoms with E-state index in [4.69, 9.17) is 4.74 Å². The Morgan fingerprint density at radius 2 is 1.98 bits per heavy atom. The molecule has 4 aliphatic rings. The number of thioether (sulfide) groups is 1. The second-order valence-electron chi connectivity index (χ2n) is 11.8. The lowest BCUT2D eigenvalue weighted by molar-refractivity contribution is -0.150. The van der Waals surface area contributed by atoms with E-state index in [0.717, 1.165) is 39.2 Å². The van der Waals surface area contributed by atoms with Crippen LogP contribution in [0, 0.1) is 0 Å². The van der Waals surface area contributed by atoms with E-state index in [0.29, 0.717) is 39.3 Å². The van der Waals surface area contributed by atoms with Crippen LogP contribution in [0.15, 0.2) is 41.7 Å². The van der Waals surface area contributed by atoms with Crippen molar-refractivity contribution in [3.8, 4) is 0 Å². The highest BCUT2D eigenvalue weighted by molar-refractivity contribution is 8.13. The fourth-order valence-electron chi connectivity index (χ4n) is 6.60. The Balaban J connectivity index is 1.17. The number of alkyl halides is 1. The number of H-pyrrole nitrogens is 1. The van der Waals surface area contributed by atoms with E-state index in [2.05, 4.69) is 25.3 Å². The van der Waals surface area contributed by atoms with E-state index in [9.17, 15) is 14.0 Å². The van der Waals surface area contributed by atoms with Gasteiger partial charge in [-0.3, -0.25) is 24.5 Å². The zero-order chi connectivity index (χ0) is 29.7. The topological polar surface area (TPSA) is 116 Å². The van der Waals surface area contributed by atoms with Crippen LogP contribution in [0.25, 0.3) is 17.1 Å². The number of carbonyl (C=O) groups excluding carboxylic acids is 2. The minimum atomic E-state index is -1.09. The van der Waals surface area contributed by atoms with Crippen molar-refractivity contribution >= 4 is 51.9 Å². The Morgan fingerprint density at radius 3 is 2.79 bits per heavy atom. The summed E-state index contributed by atoms with van der Waals surface area (Å²) >= 11 is 1.51. The van der Waals surface area contributed by atoms with Gasteiger partial charge in [0.05, 0.1) is 41.1 Å². The first-order chi connectivity index (χ1) is 20.8. The fourth-order valence-corrected chi connectivity index (χ4v) is 7.47. The molecule has 5 heterocycles. The van der Waals surface area contributed by atoms with Crippen LogP contribution in [-0.2, 0) is 27.3 Å². The standard InChI is InChI=1S/C31H34FN7O3S/c1-18-21(32)4-6-23-27(18)20-14-26(29(40)38-9-11-42-12-10-38)39(15-25(20)37-23)30(41)28-31(2,43-17-36-28)16-35-19-3-5-22-24(13-19)34-8-7-33-22/h3-8,13,17-18,21,26,28,35,37H,9-12,14-16H2,1-2H3/t18?,21?,26-,28?,31?/m1/s1. The minimum absolute atomic E-state index is 0.0974. The van der Waals surface area contributed by atoms with Crippen molar-refractivity contribution < 1.29 is 18.7 Å².